The monoisotopic (exact) mass is 390 g/mol. The fraction of sp³-hybridized carbons (Fsp3) is 0.222. The molecule has 0 spiro atoms. The van der Waals surface area contributed by atoms with E-state index in [-0.39, 0.29) is 12.1 Å². The summed E-state index contributed by atoms with van der Waals surface area (Å²) < 4.78 is 14.6. The number of benzene rings is 2. The second kappa shape index (κ2) is 6.02. The molecule has 4 nitrogen and oxygen atoms in total. The molecule has 1 aliphatic heterocycles. The lowest BCUT2D eigenvalue weighted by atomic mass is 9.91. The molecule has 6 heteroatoms. The Morgan fingerprint density at radius 2 is 1.83 bits per heavy atom. The zero-order valence-electron chi connectivity index (χ0n) is 13.3. The number of amides is 3. The lowest BCUT2D eigenvalue weighted by Crippen LogP contribution is -2.40. The van der Waals surface area contributed by atoms with Gasteiger partial charge in [0.15, 0.2) is 0 Å². The number of carbonyl (C=O) groups excluding carboxylic acids is 2. The summed E-state index contributed by atoms with van der Waals surface area (Å²) in [5, 5.41) is 2.72. The zero-order chi connectivity index (χ0) is 17.5. The first-order valence-electron chi connectivity index (χ1n) is 7.46. The van der Waals surface area contributed by atoms with E-state index in [0.717, 1.165) is 10.5 Å². The number of rotatable bonds is 3. The van der Waals surface area contributed by atoms with E-state index in [9.17, 15) is 14.0 Å². The topological polar surface area (TPSA) is 49.4 Å². The van der Waals surface area contributed by atoms with Crippen molar-refractivity contribution in [1.82, 2.24) is 10.2 Å². The molecule has 1 aliphatic rings. The molecule has 1 unspecified atom stereocenters. The van der Waals surface area contributed by atoms with Crippen molar-refractivity contribution in [2.45, 2.75) is 25.9 Å². The Morgan fingerprint density at radius 3 is 2.50 bits per heavy atom. The molecule has 1 atom stereocenters. The number of hydrogen-bond acceptors (Lipinski definition) is 2. The van der Waals surface area contributed by atoms with Gasteiger partial charge >= 0.3 is 6.03 Å². The van der Waals surface area contributed by atoms with E-state index in [2.05, 4.69) is 21.2 Å². The van der Waals surface area contributed by atoms with Crippen molar-refractivity contribution in [3.05, 3.63) is 69.4 Å². The third-order valence-corrected chi connectivity index (χ3v) is 4.73. The van der Waals surface area contributed by atoms with Gasteiger partial charge in [-0.2, -0.15) is 0 Å². The van der Waals surface area contributed by atoms with Gasteiger partial charge in [0.2, 0.25) is 0 Å². The van der Waals surface area contributed by atoms with Crippen LogP contribution in [-0.4, -0.2) is 16.8 Å². The first-order chi connectivity index (χ1) is 11.3. The number of imide groups is 1. The van der Waals surface area contributed by atoms with Crippen LogP contribution in [0.15, 0.2) is 46.9 Å². The molecule has 2 aromatic rings. The van der Waals surface area contributed by atoms with Crippen LogP contribution >= 0.6 is 15.9 Å². The van der Waals surface area contributed by atoms with Gasteiger partial charge in [-0.1, -0.05) is 45.8 Å². The Bertz CT molecular complexity index is 822. The minimum Gasteiger partial charge on any atom is -0.319 e. The maximum atomic E-state index is 13.9. The van der Waals surface area contributed by atoms with Gasteiger partial charge < -0.3 is 5.32 Å². The molecule has 0 aromatic heterocycles. The molecule has 0 saturated carbocycles. The maximum Gasteiger partial charge on any atom is 0.325 e. The van der Waals surface area contributed by atoms with Crippen LogP contribution in [0.3, 0.4) is 0 Å². The highest BCUT2D eigenvalue weighted by Crippen LogP contribution is 2.30. The molecule has 24 heavy (non-hydrogen) atoms. The Hall–Kier alpha value is -2.21. The predicted molar refractivity (Wildman–Crippen MR) is 91.7 cm³/mol. The highest BCUT2D eigenvalue weighted by Gasteiger charge is 2.48. The molecule has 2 aromatic carbocycles. The fourth-order valence-corrected chi connectivity index (χ4v) is 3.17. The van der Waals surface area contributed by atoms with E-state index in [4.69, 9.17) is 0 Å². The van der Waals surface area contributed by atoms with Crippen LogP contribution in [-0.2, 0) is 16.9 Å². The van der Waals surface area contributed by atoms with Crippen LogP contribution in [0.1, 0.15) is 23.6 Å². The third kappa shape index (κ3) is 2.82. The van der Waals surface area contributed by atoms with Gasteiger partial charge in [0, 0.05) is 10.0 Å². The van der Waals surface area contributed by atoms with Gasteiger partial charge in [-0.25, -0.2) is 9.18 Å². The SMILES string of the molecule is Cc1ccc(C2(C)NC(=O)N(Cc3cc(Br)ccc3F)C2=O)cc1. The molecular formula is C18H16BrFN2O2. The number of aryl methyl sites for hydroxylation is 1. The van der Waals surface area contributed by atoms with Crippen LogP contribution in [0.5, 0.6) is 0 Å². The summed E-state index contributed by atoms with van der Waals surface area (Å²) in [6, 6.07) is 11.3. The summed E-state index contributed by atoms with van der Waals surface area (Å²) in [5.41, 5.74) is 0.893. The summed E-state index contributed by atoms with van der Waals surface area (Å²) in [7, 11) is 0. The molecule has 1 fully saturated rings. The smallest absolute Gasteiger partial charge is 0.319 e. The van der Waals surface area contributed by atoms with Gasteiger partial charge in [0.05, 0.1) is 6.54 Å². The second-order valence-corrected chi connectivity index (χ2v) is 6.96. The Morgan fingerprint density at radius 1 is 1.17 bits per heavy atom. The van der Waals surface area contributed by atoms with E-state index >= 15 is 0 Å². The van der Waals surface area contributed by atoms with Crippen molar-refractivity contribution in [1.29, 1.82) is 0 Å². The van der Waals surface area contributed by atoms with E-state index in [1.54, 1.807) is 19.1 Å². The molecule has 3 rings (SSSR count). The minimum absolute atomic E-state index is 0.114. The Balaban J connectivity index is 1.91. The van der Waals surface area contributed by atoms with Crippen LogP contribution < -0.4 is 5.32 Å². The first kappa shape index (κ1) is 16.6. The van der Waals surface area contributed by atoms with Crippen molar-refractivity contribution in [3.8, 4) is 0 Å². The van der Waals surface area contributed by atoms with E-state index in [1.165, 1.54) is 6.07 Å². The molecule has 0 aliphatic carbocycles. The first-order valence-corrected chi connectivity index (χ1v) is 8.26. The summed E-state index contributed by atoms with van der Waals surface area (Å²) >= 11 is 3.27. The van der Waals surface area contributed by atoms with Crippen molar-refractivity contribution in [2.75, 3.05) is 0 Å². The molecule has 1 heterocycles. The van der Waals surface area contributed by atoms with Crippen LogP contribution in [0.2, 0.25) is 0 Å². The van der Waals surface area contributed by atoms with Crippen molar-refractivity contribution < 1.29 is 14.0 Å². The second-order valence-electron chi connectivity index (χ2n) is 6.05. The largest absolute Gasteiger partial charge is 0.325 e. The van der Waals surface area contributed by atoms with Gasteiger partial charge in [0.1, 0.15) is 11.4 Å². The van der Waals surface area contributed by atoms with Crippen LogP contribution in [0.4, 0.5) is 9.18 Å². The summed E-state index contributed by atoms with van der Waals surface area (Å²) in [6.07, 6.45) is 0. The maximum absolute atomic E-state index is 13.9. The molecule has 3 amide bonds. The fourth-order valence-electron chi connectivity index (χ4n) is 2.76. The summed E-state index contributed by atoms with van der Waals surface area (Å²) in [4.78, 5) is 26.2. The lowest BCUT2D eigenvalue weighted by molar-refractivity contribution is -0.131. The quantitative estimate of drug-likeness (QED) is 0.808. The van der Waals surface area contributed by atoms with Gasteiger partial charge in [0.25, 0.3) is 5.91 Å². The van der Waals surface area contributed by atoms with Crippen molar-refractivity contribution in [2.24, 2.45) is 0 Å². The number of halogens is 2. The van der Waals surface area contributed by atoms with Crippen molar-refractivity contribution in [3.63, 3.8) is 0 Å². The third-order valence-electron chi connectivity index (χ3n) is 4.24. The van der Waals surface area contributed by atoms with Crippen LogP contribution in [0, 0.1) is 12.7 Å². The van der Waals surface area contributed by atoms with E-state index in [1.807, 2.05) is 31.2 Å². The van der Waals surface area contributed by atoms with Crippen LogP contribution in [0.25, 0.3) is 0 Å². The van der Waals surface area contributed by atoms with Gasteiger partial charge in [-0.3, -0.25) is 9.69 Å². The average Bonchev–Trinajstić information content (AvgIpc) is 2.75. The number of nitrogens with one attached hydrogen (secondary N) is 1. The highest BCUT2D eigenvalue weighted by atomic mass is 79.9. The Labute approximate surface area is 147 Å². The van der Waals surface area contributed by atoms with Crippen molar-refractivity contribution >= 4 is 27.9 Å². The molecular weight excluding hydrogens is 375 g/mol. The molecule has 124 valence electrons. The number of nitrogens with zero attached hydrogens (tertiary/aromatic N) is 1. The molecule has 0 radical (unpaired) electrons. The number of urea groups is 1. The predicted octanol–water partition coefficient (Wildman–Crippen LogP) is 3.86. The Kier molecular flexibility index (Phi) is 4.17. The minimum atomic E-state index is -1.15. The standard InChI is InChI=1S/C18H16BrFN2O2/c1-11-3-5-13(6-4-11)18(2)16(23)22(17(24)21-18)10-12-9-14(19)7-8-15(12)20/h3-9H,10H2,1-2H3,(H,21,24). The van der Waals surface area contributed by atoms with Gasteiger partial charge in [-0.05, 0) is 37.6 Å². The average molecular weight is 391 g/mol. The number of hydrogen-bond donors (Lipinski definition) is 1. The molecule has 1 N–H and O–H groups in total. The highest BCUT2D eigenvalue weighted by molar-refractivity contribution is 9.10. The molecule has 0 bridgehead atoms. The van der Waals surface area contributed by atoms with E-state index < -0.39 is 23.3 Å². The van der Waals surface area contributed by atoms with E-state index in [0.29, 0.717) is 10.0 Å². The zero-order valence-corrected chi connectivity index (χ0v) is 14.9. The summed E-state index contributed by atoms with van der Waals surface area (Å²) in [5.74, 6) is -0.849. The molecule has 1 saturated heterocycles. The van der Waals surface area contributed by atoms with Gasteiger partial charge in [-0.15, -0.1) is 0 Å². The lowest BCUT2D eigenvalue weighted by Gasteiger charge is -2.22. The summed E-state index contributed by atoms with van der Waals surface area (Å²) in [6.45, 7) is 3.50. The number of carbonyl (C=O) groups is 2. The normalized spacial score (nSPS) is 20.4.